The van der Waals surface area contributed by atoms with Gasteiger partial charge in [-0.3, -0.25) is 0 Å². The Bertz CT molecular complexity index is 2610. The van der Waals surface area contributed by atoms with Crippen molar-refractivity contribution in [1.82, 2.24) is 15.0 Å². The first kappa shape index (κ1) is 38.2. The van der Waals surface area contributed by atoms with E-state index in [-0.39, 0.29) is 0 Å². The Morgan fingerprint density at radius 3 is 0.581 bits per heavy atom. The highest BCUT2D eigenvalue weighted by atomic mass is 15.0. The molecule has 0 amide bonds. The molecule has 62 heavy (non-hydrogen) atoms. The fourth-order valence-electron chi connectivity index (χ4n) is 9.22. The quantitative estimate of drug-likeness (QED) is 0.122. The standard InChI is InChI=1S/C59H43N3/c1-8-22-44(23-9-1)55-60-56(45-36-40-53(41-37-45)58(47-24-10-2-11-25-47,48-26-12-3-13-27-48)49-28-14-4-15-29-49)62-57(61-55)46-38-42-54(43-39-46)59(50-30-16-5-17-31-50,51-32-18-6-19-33-51)52-34-20-7-21-35-52/h1-43H. The van der Waals surface area contributed by atoms with Crippen LogP contribution in [0.4, 0.5) is 0 Å². The SMILES string of the molecule is c1ccc(-c2nc(-c3ccc(C(c4ccccc4)(c4ccccc4)c4ccccc4)cc3)nc(-c3ccc(C(c4ccccc4)(c4ccccc4)c4ccccc4)cc3)n2)cc1. The van der Waals surface area contributed by atoms with Crippen LogP contribution in [0.1, 0.15) is 44.5 Å². The normalized spacial score (nSPS) is 11.5. The molecule has 0 radical (unpaired) electrons. The minimum Gasteiger partial charge on any atom is -0.208 e. The van der Waals surface area contributed by atoms with E-state index in [0.29, 0.717) is 17.5 Å². The number of aromatic nitrogens is 3. The number of hydrogen-bond donors (Lipinski definition) is 0. The molecule has 1 heterocycles. The molecular weight excluding hydrogens is 751 g/mol. The maximum atomic E-state index is 5.21. The van der Waals surface area contributed by atoms with Gasteiger partial charge in [-0.15, -0.1) is 0 Å². The molecular formula is C59H43N3. The second-order valence-corrected chi connectivity index (χ2v) is 15.5. The number of rotatable bonds is 11. The molecule has 0 unspecified atom stereocenters. The topological polar surface area (TPSA) is 38.7 Å². The molecule has 294 valence electrons. The van der Waals surface area contributed by atoms with Gasteiger partial charge in [0.2, 0.25) is 0 Å². The first-order valence-electron chi connectivity index (χ1n) is 21.1. The van der Waals surface area contributed by atoms with Gasteiger partial charge in [-0.05, 0) is 44.5 Å². The fraction of sp³-hybridized carbons (Fsp3) is 0.0339. The van der Waals surface area contributed by atoms with Gasteiger partial charge in [-0.1, -0.05) is 261 Å². The maximum absolute atomic E-state index is 5.21. The summed E-state index contributed by atoms with van der Waals surface area (Å²) in [5.74, 6) is 1.85. The van der Waals surface area contributed by atoms with Gasteiger partial charge in [0.15, 0.2) is 17.5 Å². The van der Waals surface area contributed by atoms with Crippen LogP contribution in [0.15, 0.2) is 261 Å². The zero-order valence-corrected chi connectivity index (χ0v) is 34.2. The largest absolute Gasteiger partial charge is 0.208 e. The molecule has 0 saturated carbocycles. The van der Waals surface area contributed by atoms with Gasteiger partial charge in [0.05, 0.1) is 10.8 Å². The molecule has 3 heteroatoms. The van der Waals surface area contributed by atoms with Crippen molar-refractivity contribution in [1.29, 1.82) is 0 Å². The molecule has 0 saturated heterocycles. The summed E-state index contributed by atoms with van der Waals surface area (Å²) in [5.41, 5.74) is 11.1. The van der Waals surface area contributed by atoms with Crippen LogP contribution < -0.4 is 0 Å². The van der Waals surface area contributed by atoms with Gasteiger partial charge in [-0.2, -0.15) is 0 Å². The maximum Gasteiger partial charge on any atom is 0.164 e. The fourth-order valence-corrected chi connectivity index (χ4v) is 9.22. The Labute approximate surface area is 363 Å². The van der Waals surface area contributed by atoms with Crippen LogP contribution in [-0.4, -0.2) is 15.0 Å². The molecule has 9 aromatic carbocycles. The lowest BCUT2D eigenvalue weighted by Crippen LogP contribution is -2.30. The van der Waals surface area contributed by atoms with Crippen molar-refractivity contribution in [2.24, 2.45) is 0 Å². The van der Waals surface area contributed by atoms with Gasteiger partial charge in [-0.25, -0.2) is 15.0 Å². The predicted octanol–water partition coefficient (Wildman–Crippen LogP) is 13.6. The van der Waals surface area contributed by atoms with Gasteiger partial charge in [0, 0.05) is 16.7 Å². The summed E-state index contributed by atoms with van der Waals surface area (Å²) in [6.45, 7) is 0. The lowest BCUT2D eigenvalue weighted by molar-refractivity contribution is 0.745. The predicted molar refractivity (Wildman–Crippen MR) is 253 cm³/mol. The minimum absolute atomic E-state index is 0.558. The van der Waals surface area contributed by atoms with Crippen LogP contribution >= 0.6 is 0 Å². The van der Waals surface area contributed by atoms with E-state index < -0.39 is 10.8 Å². The molecule has 10 aromatic rings. The highest BCUT2D eigenvalue weighted by Crippen LogP contribution is 2.47. The van der Waals surface area contributed by atoms with Crippen LogP contribution in [0.25, 0.3) is 34.2 Å². The Balaban J connectivity index is 1.11. The van der Waals surface area contributed by atoms with Crippen molar-refractivity contribution in [3.05, 3.63) is 305 Å². The first-order chi connectivity index (χ1) is 30.7. The van der Waals surface area contributed by atoms with Crippen molar-refractivity contribution >= 4 is 0 Å². The monoisotopic (exact) mass is 793 g/mol. The third-order valence-corrected chi connectivity index (χ3v) is 12.1. The Kier molecular flexibility index (Phi) is 10.4. The molecule has 0 spiro atoms. The summed E-state index contributed by atoms with van der Waals surface area (Å²) in [4.78, 5) is 15.4. The summed E-state index contributed by atoms with van der Waals surface area (Å²) in [5, 5.41) is 0. The smallest absolute Gasteiger partial charge is 0.164 e. The van der Waals surface area contributed by atoms with E-state index in [1.54, 1.807) is 0 Å². The lowest BCUT2D eigenvalue weighted by Gasteiger charge is -2.37. The van der Waals surface area contributed by atoms with Crippen LogP contribution in [0.3, 0.4) is 0 Å². The average molecular weight is 794 g/mol. The molecule has 1 aromatic heterocycles. The summed E-state index contributed by atoms with van der Waals surface area (Å²) in [6, 6.07) is 92.5. The Morgan fingerprint density at radius 2 is 0.355 bits per heavy atom. The summed E-state index contributed by atoms with van der Waals surface area (Å²) in [6.07, 6.45) is 0. The molecule has 0 aliphatic rings. The number of benzene rings is 9. The zero-order chi connectivity index (χ0) is 41.6. The van der Waals surface area contributed by atoms with E-state index in [1.807, 2.05) is 18.2 Å². The third kappa shape index (κ3) is 6.90. The molecule has 3 nitrogen and oxygen atoms in total. The summed E-state index contributed by atoms with van der Waals surface area (Å²) >= 11 is 0. The number of nitrogens with zero attached hydrogens (tertiary/aromatic N) is 3. The molecule has 0 fully saturated rings. The Hall–Kier alpha value is -8.01. The minimum atomic E-state index is -0.558. The summed E-state index contributed by atoms with van der Waals surface area (Å²) in [7, 11) is 0. The molecule has 0 aliphatic carbocycles. The van der Waals surface area contributed by atoms with Crippen molar-refractivity contribution in [2.75, 3.05) is 0 Å². The third-order valence-electron chi connectivity index (χ3n) is 12.1. The van der Waals surface area contributed by atoms with Crippen LogP contribution in [-0.2, 0) is 10.8 Å². The molecule has 0 bridgehead atoms. The molecule has 0 atom stereocenters. The van der Waals surface area contributed by atoms with Gasteiger partial charge < -0.3 is 0 Å². The van der Waals surface area contributed by atoms with E-state index in [1.165, 1.54) is 33.4 Å². The van der Waals surface area contributed by atoms with Crippen molar-refractivity contribution < 1.29 is 0 Å². The molecule has 0 aliphatic heterocycles. The first-order valence-corrected chi connectivity index (χ1v) is 21.1. The van der Waals surface area contributed by atoms with Crippen molar-refractivity contribution in [2.45, 2.75) is 10.8 Å². The zero-order valence-electron chi connectivity index (χ0n) is 34.2. The number of hydrogen-bond acceptors (Lipinski definition) is 3. The van der Waals surface area contributed by atoms with E-state index in [4.69, 9.17) is 15.0 Å². The van der Waals surface area contributed by atoms with E-state index in [2.05, 4.69) is 243 Å². The van der Waals surface area contributed by atoms with Crippen LogP contribution in [0.5, 0.6) is 0 Å². The van der Waals surface area contributed by atoms with E-state index in [0.717, 1.165) is 27.8 Å². The van der Waals surface area contributed by atoms with Gasteiger partial charge in [0.25, 0.3) is 0 Å². The summed E-state index contributed by atoms with van der Waals surface area (Å²) < 4.78 is 0. The Morgan fingerprint density at radius 1 is 0.177 bits per heavy atom. The van der Waals surface area contributed by atoms with E-state index >= 15 is 0 Å². The average Bonchev–Trinajstić information content (AvgIpc) is 3.37. The lowest BCUT2D eigenvalue weighted by atomic mass is 9.65. The second kappa shape index (κ2) is 16.9. The van der Waals surface area contributed by atoms with Gasteiger partial charge >= 0.3 is 0 Å². The highest BCUT2D eigenvalue weighted by molar-refractivity contribution is 5.69. The highest BCUT2D eigenvalue weighted by Gasteiger charge is 2.39. The van der Waals surface area contributed by atoms with Crippen molar-refractivity contribution in [3.63, 3.8) is 0 Å². The molecule has 10 rings (SSSR count). The van der Waals surface area contributed by atoms with E-state index in [9.17, 15) is 0 Å². The molecule has 0 N–H and O–H groups in total. The second-order valence-electron chi connectivity index (χ2n) is 15.5. The van der Waals surface area contributed by atoms with Crippen LogP contribution in [0.2, 0.25) is 0 Å². The van der Waals surface area contributed by atoms with Crippen molar-refractivity contribution in [3.8, 4) is 34.2 Å². The van der Waals surface area contributed by atoms with Crippen LogP contribution in [0, 0.1) is 0 Å². The van der Waals surface area contributed by atoms with Gasteiger partial charge in [0.1, 0.15) is 0 Å².